The lowest BCUT2D eigenvalue weighted by atomic mass is 10.1. The second-order valence-corrected chi connectivity index (χ2v) is 4.83. The van der Waals surface area contributed by atoms with Gasteiger partial charge in [0, 0.05) is 16.7 Å². The lowest BCUT2D eigenvalue weighted by Gasteiger charge is -2.10. The van der Waals surface area contributed by atoms with Crippen molar-refractivity contribution >= 4 is 23.6 Å². The number of halogens is 1. The van der Waals surface area contributed by atoms with Gasteiger partial charge in [-0.15, -0.1) is 0 Å². The molecule has 21 heavy (non-hydrogen) atoms. The van der Waals surface area contributed by atoms with Crippen molar-refractivity contribution in [1.29, 1.82) is 0 Å². The molecule has 0 atom stereocenters. The largest absolute Gasteiger partial charge is 0.478 e. The fourth-order valence-electron chi connectivity index (χ4n) is 1.88. The summed E-state index contributed by atoms with van der Waals surface area (Å²) in [6.45, 7) is 2.02. The molecule has 0 saturated carbocycles. The predicted octanol–water partition coefficient (Wildman–Crippen LogP) is 4.79. The summed E-state index contributed by atoms with van der Waals surface area (Å²) in [5.41, 5.74) is 1.71. The maximum absolute atomic E-state index is 10.6. The van der Waals surface area contributed by atoms with Crippen LogP contribution in [0.25, 0.3) is 6.08 Å². The lowest BCUT2D eigenvalue weighted by molar-refractivity contribution is -0.131. The topological polar surface area (TPSA) is 46.5 Å². The molecular formula is C17H15ClO3. The molecule has 0 radical (unpaired) electrons. The van der Waals surface area contributed by atoms with E-state index in [4.69, 9.17) is 21.4 Å². The number of hydrogen-bond acceptors (Lipinski definition) is 2. The Morgan fingerprint density at radius 2 is 2.05 bits per heavy atom. The molecular weight excluding hydrogens is 288 g/mol. The third-order valence-corrected chi connectivity index (χ3v) is 3.32. The highest BCUT2D eigenvalue weighted by Gasteiger charge is 2.05. The molecule has 2 rings (SSSR count). The van der Waals surface area contributed by atoms with Crippen molar-refractivity contribution < 1.29 is 14.6 Å². The number of carboxylic acids is 1. The summed E-state index contributed by atoms with van der Waals surface area (Å²) >= 11 is 6.08. The van der Waals surface area contributed by atoms with E-state index in [2.05, 4.69) is 0 Å². The Bertz CT molecular complexity index is 677. The Hall–Kier alpha value is -2.26. The first-order valence-electron chi connectivity index (χ1n) is 6.56. The standard InChI is InChI=1S/C17H15ClO3/c1-2-12-11-14(8-9-15(12)18)21-16-6-4-3-5-13(16)7-10-17(19)20/h3-11H,2H2,1H3,(H,19,20)/b10-7+. The maximum Gasteiger partial charge on any atom is 0.328 e. The van der Waals surface area contributed by atoms with Gasteiger partial charge in [0.15, 0.2) is 0 Å². The Balaban J connectivity index is 2.29. The van der Waals surface area contributed by atoms with E-state index in [0.29, 0.717) is 22.1 Å². The van der Waals surface area contributed by atoms with Crippen molar-refractivity contribution in [2.45, 2.75) is 13.3 Å². The molecule has 1 N–H and O–H groups in total. The highest BCUT2D eigenvalue weighted by atomic mass is 35.5. The second-order valence-electron chi connectivity index (χ2n) is 4.42. The molecule has 0 saturated heterocycles. The zero-order chi connectivity index (χ0) is 15.2. The molecule has 4 heteroatoms. The van der Waals surface area contributed by atoms with Gasteiger partial charge in [-0.05, 0) is 42.3 Å². The highest BCUT2D eigenvalue weighted by molar-refractivity contribution is 6.31. The van der Waals surface area contributed by atoms with E-state index in [1.165, 1.54) is 6.08 Å². The third kappa shape index (κ3) is 4.10. The Morgan fingerprint density at radius 1 is 1.29 bits per heavy atom. The van der Waals surface area contributed by atoms with Crippen molar-refractivity contribution in [3.8, 4) is 11.5 Å². The summed E-state index contributed by atoms with van der Waals surface area (Å²) < 4.78 is 5.84. The summed E-state index contributed by atoms with van der Waals surface area (Å²) in [4.78, 5) is 10.6. The minimum atomic E-state index is -0.996. The SMILES string of the molecule is CCc1cc(Oc2ccccc2/C=C/C(=O)O)ccc1Cl. The first-order chi connectivity index (χ1) is 10.1. The predicted molar refractivity (Wildman–Crippen MR) is 84.0 cm³/mol. The molecule has 108 valence electrons. The molecule has 0 fully saturated rings. The van der Waals surface area contributed by atoms with Crippen molar-refractivity contribution in [2.75, 3.05) is 0 Å². The number of para-hydroxylation sites is 1. The van der Waals surface area contributed by atoms with Crippen LogP contribution in [0.5, 0.6) is 11.5 Å². The van der Waals surface area contributed by atoms with Gasteiger partial charge in [-0.3, -0.25) is 0 Å². The lowest BCUT2D eigenvalue weighted by Crippen LogP contribution is -1.91. The number of ether oxygens (including phenoxy) is 1. The van der Waals surface area contributed by atoms with E-state index < -0.39 is 5.97 Å². The second kappa shape index (κ2) is 6.95. The van der Waals surface area contributed by atoms with Gasteiger partial charge in [0.1, 0.15) is 11.5 Å². The van der Waals surface area contributed by atoms with Crippen LogP contribution in [0, 0.1) is 0 Å². The fourth-order valence-corrected chi connectivity index (χ4v) is 2.14. The molecule has 0 aliphatic heterocycles. The number of benzene rings is 2. The molecule has 3 nitrogen and oxygen atoms in total. The normalized spacial score (nSPS) is 10.8. The first-order valence-corrected chi connectivity index (χ1v) is 6.94. The van der Waals surface area contributed by atoms with Crippen LogP contribution in [0.3, 0.4) is 0 Å². The van der Waals surface area contributed by atoms with E-state index >= 15 is 0 Å². The molecule has 0 bridgehead atoms. The van der Waals surface area contributed by atoms with Crippen LogP contribution >= 0.6 is 11.6 Å². The molecule has 2 aromatic rings. The number of hydrogen-bond donors (Lipinski definition) is 1. The summed E-state index contributed by atoms with van der Waals surface area (Å²) in [6, 6.07) is 12.7. The molecule has 0 aliphatic carbocycles. The van der Waals surface area contributed by atoms with Gasteiger partial charge in [0.05, 0.1) is 0 Å². The minimum Gasteiger partial charge on any atom is -0.478 e. The highest BCUT2D eigenvalue weighted by Crippen LogP contribution is 2.29. The monoisotopic (exact) mass is 302 g/mol. The van der Waals surface area contributed by atoms with Gasteiger partial charge in [0.25, 0.3) is 0 Å². The number of rotatable bonds is 5. The Labute approximate surface area is 128 Å². The molecule has 0 aromatic heterocycles. The Morgan fingerprint density at radius 3 is 2.76 bits per heavy atom. The van der Waals surface area contributed by atoms with E-state index in [0.717, 1.165) is 18.1 Å². The van der Waals surface area contributed by atoms with Gasteiger partial charge < -0.3 is 9.84 Å². The fraction of sp³-hybridized carbons (Fsp3) is 0.118. The van der Waals surface area contributed by atoms with Crippen molar-refractivity contribution in [2.24, 2.45) is 0 Å². The van der Waals surface area contributed by atoms with Crippen molar-refractivity contribution in [3.63, 3.8) is 0 Å². The number of carboxylic acid groups (broad SMARTS) is 1. The van der Waals surface area contributed by atoms with Crippen LogP contribution in [0.15, 0.2) is 48.5 Å². The van der Waals surface area contributed by atoms with Crippen LogP contribution < -0.4 is 4.74 Å². The van der Waals surface area contributed by atoms with Gasteiger partial charge in [-0.25, -0.2) is 4.79 Å². The minimum absolute atomic E-state index is 0.597. The van der Waals surface area contributed by atoms with Crippen LogP contribution in [0.1, 0.15) is 18.1 Å². The molecule has 0 spiro atoms. The van der Waals surface area contributed by atoms with Crippen LogP contribution in [0.2, 0.25) is 5.02 Å². The van der Waals surface area contributed by atoms with Gasteiger partial charge in [0.2, 0.25) is 0 Å². The maximum atomic E-state index is 10.6. The average molecular weight is 303 g/mol. The smallest absolute Gasteiger partial charge is 0.328 e. The Kier molecular flexibility index (Phi) is 5.01. The number of aryl methyl sites for hydroxylation is 1. The van der Waals surface area contributed by atoms with E-state index in [-0.39, 0.29) is 0 Å². The first kappa shape index (κ1) is 15.1. The van der Waals surface area contributed by atoms with Crippen molar-refractivity contribution in [3.05, 3.63) is 64.7 Å². The van der Waals surface area contributed by atoms with E-state index in [1.54, 1.807) is 24.3 Å². The summed E-state index contributed by atoms with van der Waals surface area (Å²) in [5.74, 6) is 0.274. The van der Waals surface area contributed by atoms with Gasteiger partial charge in [-0.2, -0.15) is 0 Å². The third-order valence-electron chi connectivity index (χ3n) is 2.95. The summed E-state index contributed by atoms with van der Waals surface area (Å²) in [7, 11) is 0. The van der Waals surface area contributed by atoms with Crippen LogP contribution in [-0.2, 0) is 11.2 Å². The quantitative estimate of drug-likeness (QED) is 0.808. The zero-order valence-electron chi connectivity index (χ0n) is 11.5. The molecule has 0 aliphatic rings. The van der Waals surface area contributed by atoms with Gasteiger partial charge >= 0.3 is 5.97 Å². The van der Waals surface area contributed by atoms with E-state index in [1.807, 2.05) is 25.1 Å². The van der Waals surface area contributed by atoms with Crippen LogP contribution in [0.4, 0.5) is 0 Å². The van der Waals surface area contributed by atoms with Crippen LogP contribution in [-0.4, -0.2) is 11.1 Å². The molecule has 0 unspecified atom stereocenters. The molecule has 0 heterocycles. The van der Waals surface area contributed by atoms with E-state index in [9.17, 15) is 4.79 Å². The average Bonchev–Trinajstić information content (AvgIpc) is 2.48. The summed E-state index contributed by atoms with van der Waals surface area (Å²) in [5, 5.41) is 9.42. The number of carbonyl (C=O) groups is 1. The zero-order valence-corrected chi connectivity index (χ0v) is 12.3. The van der Waals surface area contributed by atoms with Gasteiger partial charge in [-0.1, -0.05) is 36.7 Å². The molecule has 2 aromatic carbocycles. The van der Waals surface area contributed by atoms with Crippen molar-refractivity contribution in [1.82, 2.24) is 0 Å². The molecule has 0 amide bonds. The summed E-state index contributed by atoms with van der Waals surface area (Å²) in [6.07, 6.45) is 3.41. The number of aliphatic carboxylic acids is 1.